The highest BCUT2D eigenvalue weighted by molar-refractivity contribution is 5.48. The zero-order valence-electron chi connectivity index (χ0n) is 16.7. The normalized spacial score (nSPS) is 9.74. The number of benzene rings is 2. The molecule has 0 bridgehead atoms. The van der Waals surface area contributed by atoms with Crippen molar-refractivity contribution in [1.29, 1.82) is 0 Å². The highest BCUT2D eigenvalue weighted by Crippen LogP contribution is 2.13. The zero-order valence-corrected chi connectivity index (χ0v) is 16.7. The van der Waals surface area contributed by atoms with Gasteiger partial charge in [0.05, 0.1) is 0 Å². The van der Waals surface area contributed by atoms with Crippen LogP contribution in [0.5, 0.6) is 11.5 Å². The molecule has 2 rings (SSSR count). The van der Waals surface area contributed by atoms with Crippen molar-refractivity contribution in [3.05, 3.63) is 96.6 Å². The van der Waals surface area contributed by atoms with E-state index in [1.165, 1.54) is 5.57 Å². The fourth-order valence-electron chi connectivity index (χ4n) is 1.95. The molecule has 2 heteroatoms. The maximum atomic E-state index is 5.51. The predicted molar refractivity (Wildman–Crippen MR) is 118 cm³/mol. The molecule has 0 aliphatic carbocycles. The first kappa shape index (κ1) is 22.0. The van der Waals surface area contributed by atoms with E-state index in [9.17, 15) is 0 Å². The molecule has 0 atom stereocenters. The van der Waals surface area contributed by atoms with Gasteiger partial charge in [0.1, 0.15) is 24.7 Å². The van der Waals surface area contributed by atoms with Crippen LogP contribution >= 0.6 is 0 Å². The molecular formula is C25H30O2. The van der Waals surface area contributed by atoms with Gasteiger partial charge in [-0.25, -0.2) is 0 Å². The number of ether oxygens (including phenoxy) is 2. The number of allylic oxidation sites excluding steroid dienone is 2. The maximum absolute atomic E-state index is 5.51. The third kappa shape index (κ3) is 9.91. The Morgan fingerprint density at radius 1 is 0.778 bits per heavy atom. The molecule has 0 saturated carbocycles. The summed E-state index contributed by atoms with van der Waals surface area (Å²) in [6, 6.07) is 15.7. The quantitative estimate of drug-likeness (QED) is 0.473. The standard InChI is InChI=1S/C13H16O.C12H14O/c1-4-12-5-7-13(8-6-12)14-10-9-11(2)3;1-3-5-10-13-12-8-6-11(4-2)7-9-12/h4-9H,1,10H2,2-3H3;3-9H,2,10H2,1H3. The van der Waals surface area contributed by atoms with E-state index in [2.05, 4.69) is 33.1 Å². The minimum atomic E-state index is 0.629. The molecule has 0 saturated heterocycles. The summed E-state index contributed by atoms with van der Waals surface area (Å²) >= 11 is 0. The highest BCUT2D eigenvalue weighted by Gasteiger charge is 1.91. The van der Waals surface area contributed by atoms with Gasteiger partial charge in [0.25, 0.3) is 0 Å². The van der Waals surface area contributed by atoms with Gasteiger partial charge in [-0.1, -0.05) is 67.3 Å². The Balaban J connectivity index is 0.000000271. The van der Waals surface area contributed by atoms with E-state index in [1.54, 1.807) is 0 Å². The predicted octanol–water partition coefficient (Wildman–Crippen LogP) is 6.96. The Hall–Kier alpha value is -3.00. The minimum absolute atomic E-state index is 0.629. The van der Waals surface area contributed by atoms with Gasteiger partial charge in [0.15, 0.2) is 0 Å². The van der Waals surface area contributed by atoms with Crippen molar-refractivity contribution < 1.29 is 9.47 Å². The molecule has 0 heterocycles. The lowest BCUT2D eigenvalue weighted by Crippen LogP contribution is -1.93. The molecule has 0 aliphatic rings. The second-order valence-electron chi connectivity index (χ2n) is 6.02. The summed E-state index contributed by atoms with van der Waals surface area (Å²) in [5.41, 5.74) is 3.49. The highest BCUT2D eigenvalue weighted by atomic mass is 16.5. The molecule has 2 aromatic carbocycles. The lowest BCUT2D eigenvalue weighted by Gasteiger charge is -2.03. The Kier molecular flexibility index (Phi) is 10.8. The van der Waals surface area contributed by atoms with Crippen molar-refractivity contribution in [2.75, 3.05) is 13.2 Å². The summed E-state index contributed by atoms with van der Waals surface area (Å²) in [6.07, 6.45) is 9.64. The Morgan fingerprint density at radius 2 is 1.22 bits per heavy atom. The zero-order chi connectivity index (χ0) is 19.9. The molecule has 0 radical (unpaired) electrons. The van der Waals surface area contributed by atoms with Crippen molar-refractivity contribution >= 4 is 12.2 Å². The van der Waals surface area contributed by atoms with Crippen LogP contribution in [0, 0.1) is 0 Å². The van der Waals surface area contributed by atoms with E-state index >= 15 is 0 Å². The fourth-order valence-corrected chi connectivity index (χ4v) is 1.95. The first-order chi connectivity index (χ1) is 13.1. The van der Waals surface area contributed by atoms with Gasteiger partial charge in [-0.15, -0.1) is 0 Å². The Morgan fingerprint density at radius 3 is 1.59 bits per heavy atom. The van der Waals surface area contributed by atoms with Gasteiger partial charge < -0.3 is 9.47 Å². The summed E-state index contributed by atoms with van der Waals surface area (Å²) in [5.74, 6) is 1.79. The molecule has 0 N–H and O–H groups in total. The molecule has 2 nitrogen and oxygen atoms in total. The molecule has 0 amide bonds. The topological polar surface area (TPSA) is 18.5 Å². The second-order valence-corrected chi connectivity index (χ2v) is 6.02. The first-order valence-corrected chi connectivity index (χ1v) is 9.04. The molecule has 0 unspecified atom stereocenters. The van der Waals surface area contributed by atoms with Crippen molar-refractivity contribution in [2.45, 2.75) is 20.8 Å². The van der Waals surface area contributed by atoms with Crippen LogP contribution < -0.4 is 9.47 Å². The molecular weight excluding hydrogens is 332 g/mol. The van der Waals surface area contributed by atoms with Crippen molar-refractivity contribution in [1.82, 2.24) is 0 Å². The molecule has 0 aromatic heterocycles. The lowest BCUT2D eigenvalue weighted by atomic mass is 10.2. The van der Waals surface area contributed by atoms with E-state index in [1.807, 2.05) is 79.8 Å². The molecule has 27 heavy (non-hydrogen) atoms. The Labute approximate surface area is 164 Å². The van der Waals surface area contributed by atoms with E-state index in [4.69, 9.17) is 9.47 Å². The van der Waals surface area contributed by atoms with Crippen LogP contribution in [0.25, 0.3) is 12.2 Å². The minimum Gasteiger partial charge on any atom is -0.490 e. The smallest absolute Gasteiger partial charge is 0.119 e. The fraction of sp³-hybridized carbons (Fsp3) is 0.200. The Bertz CT molecular complexity index is 731. The maximum Gasteiger partial charge on any atom is 0.119 e. The van der Waals surface area contributed by atoms with Crippen molar-refractivity contribution in [3.8, 4) is 11.5 Å². The van der Waals surface area contributed by atoms with Crippen LogP contribution in [-0.2, 0) is 0 Å². The average Bonchev–Trinajstić information content (AvgIpc) is 2.69. The molecule has 0 aliphatic heterocycles. The summed E-state index contributed by atoms with van der Waals surface area (Å²) < 4.78 is 10.9. The van der Waals surface area contributed by atoms with Crippen LogP contribution in [0.15, 0.2) is 85.5 Å². The largest absolute Gasteiger partial charge is 0.490 e. The van der Waals surface area contributed by atoms with Crippen LogP contribution in [0.1, 0.15) is 31.9 Å². The van der Waals surface area contributed by atoms with Gasteiger partial charge in [0.2, 0.25) is 0 Å². The molecule has 142 valence electrons. The average molecular weight is 363 g/mol. The van der Waals surface area contributed by atoms with Crippen LogP contribution in [0.4, 0.5) is 0 Å². The monoisotopic (exact) mass is 362 g/mol. The van der Waals surface area contributed by atoms with E-state index in [0.717, 1.165) is 22.6 Å². The van der Waals surface area contributed by atoms with Crippen LogP contribution in [-0.4, -0.2) is 13.2 Å². The number of hydrogen-bond donors (Lipinski definition) is 0. The third-order valence-corrected chi connectivity index (χ3v) is 3.56. The van der Waals surface area contributed by atoms with Crippen molar-refractivity contribution in [3.63, 3.8) is 0 Å². The van der Waals surface area contributed by atoms with Gasteiger partial charge in [0, 0.05) is 0 Å². The first-order valence-electron chi connectivity index (χ1n) is 9.04. The van der Waals surface area contributed by atoms with Gasteiger partial charge >= 0.3 is 0 Å². The summed E-state index contributed by atoms with van der Waals surface area (Å²) in [5, 5.41) is 0. The van der Waals surface area contributed by atoms with Gasteiger partial charge in [-0.05, 0) is 62.2 Å². The van der Waals surface area contributed by atoms with Crippen LogP contribution in [0.2, 0.25) is 0 Å². The molecule has 0 fully saturated rings. The van der Waals surface area contributed by atoms with Gasteiger partial charge in [-0.2, -0.15) is 0 Å². The van der Waals surface area contributed by atoms with Crippen molar-refractivity contribution in [2.24, 2.45) is 0 Å². The van der Waals surface area contributed by atoms with E-state index < -0.39 is 0 Å². The summed E-state index contributed by atoms with van der Waals surface area (Å²) in [7, 11) is 0. The second kappa shape index (κ2) is 13.2. The molecule has 0 spiro atoms. The molecule has 2 aromatic rings. The SMILES string of the molecule is C=Cc1ccc(OCC=C(C)C)cc1.C=Cc1ccc(OCC=CC)cc1. The third-order valence-electron chi connectivity index (χ3n) is 3.56. The lowest BCUT2D eigenvalue weighted by molar-refractivity contribution is 0.362. The van der Waals surface area contributed by atoms with Crippen LogP contribution in [0.3, 0.4) is 0 Å². The van der Waals surface area contributed by atoms with E-state index in [-0.39, 0.29) is 0 Å². The number of rotatable bonds is 8. The summed E-state index contributed by atoms with van der Waals surface area (Å²) in [6.45, 7) is 14.7. The summed E-state index contributed by atoms with van der Waals surface area (Å²) in [4.78, 5) is 0. The van der Waals surface area contributed by atoms with E-state index in [0.29, 0.717) is 13.2 Å². The van der Waals surface area contributed by atoms with Gasteiger partial charge in [-0.3, -0.25) is 0 Å². The number of hydrogen-bond acceptors (Lipinski definition) is 2.